The molecule has 4 nitrogen and oxygen atoms in total. The number of aryl methyl sites for hydroxylation is 1. The van der Waals surface area contributed by atoms with Crippen LogP contribution in [-0.2, 0) is 0 Å². The first-order valence-electron chi connectivity index (χ1n) is 4.47. The fourth-order valence-corrected chi connectivity index (χ4v) is 2.02. The van der Waals surface area contributed by atoms with Crippen LogP contribution in [0.25, 0.3) is 10.8 Å². The van der Waals surface area contributed by atoms with Gasteiger partial charge >= 0.3 is 11.6 Å². The summed E-state index contributed by atoms with van der Waals surface area (Å²) in [5.41, 5.74) is 0.180. The van der Waals surface area contributed by atoms with Gasteiger partial charge in [0.05, 0.1) is 5.39 Å². The van der Waals surface area contributed by atoms with Crippen molar-refractivity contribution >= 4 is 32.7 Å². The second-order valence-corrected chi connectivity index (χ2v) is 4.21. The molecule has 5 heteroatoms. The second-order valence-electron chi connectivity index (χ2n) is 3.36. The van der Waals surface area contributed by atoms with E-state index in [1.54, 1.807) is 19.1 Å². The number of halogens is 1. The average Bonchev–Trinajstić information content (AvgIpc) is 2.22. The van der Waals surface area contributed by atoms with E-state index < -0.39 is 11.6 Å². The normalized spacial score (nSPS) is 10.6. The van der Waals surface area contributed by atoms with Crippen LogP contribution < -0.4 is 5.63 Å². The van der Waals surface area contributed by atoms with Crippen molar-refractivity contribution in [1.29, 1.82) is 0 Å². The molecule has 0 aliphatic heterocycles. The van der Waals surface area contributed by atoms with Crippen molar-refractivity contribution in [2.75, 3.05) is 0 Å². The molecule has 0 bridgehead atoms. The molecule has 0 aliphatic carbocycles. The molecule has 0 saturated heterocycles. The Labute approximate surface area is 98.6 Å². The molecule has 82 valence electrons. The quantitative estimate of drug-likeness (QED) is 0.873. The summed E-state index contributed by atoms with van der Waals surface area (Å²) in [6.45, 7) is 1.81. The van der Waals surface area contributed by atoms with E-state index in [-0.39, 0.29) is 5.76 Å². The molecule has 0 unspecified atom stereocenters. The number of rotatable bonds is 1. The monoisotopic (exact) mass is 282 g/mol. The Bertz CT molecular complexity index is 642. The Morgan fingerprint density at radius 2 is 2.12 bits per heavy atom. The van der Waals surface area contributed by atoms with Crippen LogP contribution >= 0.6 is 15.9 Å². The van der Waals surface area contributed by atoms with Gasteiger partial charge in [0.2, 0.25) is 5.76 Å². The Morgan fingerprint density at radius 1 is 1.44 bits per heavy atom. The summed E-state index contributed by atoms with van der Waals surface area (Å²) in [7, 11) is 0. The Balaban J connectivity index is 2.98. The highest BCUT2D eigenvalue weighted by Crippen LogP contribution is 2.24. The van der Waals surface area contributed by atoms with E-state index in [0.29, 0.717) is 15.2 Å². The molecule has 0 radical (unpaired) electrons. The first kappa shape index (κ1) is 10.9. The van der Waals surface area contributed by atoms with Crippen LogP contribution in [0.2, 0.25) is 0 Å². The number of carboxylic acids is 1. The fourth-order valence-electron chi connectivity index (χ4n) is 1.51. The highest BCUT2D eigenvalue weighted by atomic mass is 79.9. The molecule has 0 aliphatic rings. The molecule has 1 aromatic heterocycles. The first-order chi connectivity index (χ1) is 7.50. The van der Waals surface area contributed by atoms with E-state index in [9.17, 15) is 9.59 Å². The van der Waals surface area contributed by atoms with Gasteiger partial charge in [-0.05, 0) is 45.9 Å². The maximum atomic E-state index is 11.6. The number of hydrogen-bond acceptors (Lipinski definition) is 3. The lowest BCUT2D eigenvalue weighted by Crippen LogP contribution is -2.07. The van der Waals surface area contributed by atoms with Gasteiger partial charge in [-0.3, -0.25) is 0 Å². The van der Waals surface area contributed by atoms with Crippen molar-refractivity contribution in [3.05, 3.63) is 44.4 Å². The minimum Gasteiger partial charge on any atom is -0.475 e. The SMILES string of the molecule is Cc1ccc(Br)c2c(=O)oc(C(=O)O)cc12. The van der Waals surface area contributed by atoms with Gasteiger partial charge in [0.25, 0.3) is 0 Å². The summed E-state index contributed by atoms with van der Waals surface area (Å²) in [6.07, 6.45) is 0. The van der Waals surface area contributed by atoms with Crippen LogP contribution in [-0.4, -0.2) is 11.1 Å². The van der Waals surface area contributed by atoms with Crippen molar-refractivity contribution in [3.8, 4) is 0 Å². The van der Waals surface area contributed by atoms with Gasteiger partial charge in [-0.1, -0.05) is 6.07 Å². The standard InChI is InChI=1S/C11H7BrO4/c1-5-2-3-7(12)9-6(5)4-8(10(13)14)16-11(9)15/h2-4H,1H3,(H,13,14). The van der Waals surface area contributed by atoms with E-state index in [1.165, 1.54) is 6.07 Å². The van der Waals surface area contributed by atoms with Crippen LogP contribution in [0.15, 0.2) is 31.9 Å². The van der Waals surface area contributed by atoms with Crippen LogP contribution in [0, 0.1) is 6.92 Å². The van der Waals surface area contributed by atoms with Crippen LogP contribution in [0.4, 0.5) is 0 Å². The number of carboxylic acid groups (broad SMARTS) is 1. The summed E-state index contributed by atoms with van der Waals surface area (Å²) in [4.78, 5) is 22.4. The van der Waals surface area contributed by atoms with Gasteiger partial charge in [-0.2, -0.15) is 0 Å². The van der Waals surface area contributed by atoms with E-state index in [0.717, 1.165) is 5.56 Å². The number of benzene rings is 1. The smallest absolute Gasteiger partial charge is 0.371 e. The molecule has 0 amide bonds. The van der Waals surface area contributed by atoms with Crippen molar-refractivity contribution < 1.29 is 14.3 Å². The summed E-state index contributed by atoms with van der Waals surface area (Å²) < 4.78 is 5.30. The van der Waals surface area contributed by atoms with Crippen molar-refractivity contribution in [3.63, 3.8) is 0 Å². The van der Waals surface area contributed by atoms with Crippen molar-refractivity contribution in [2.45, 2.75) is 6.92 Å². The minimum absolute atomic E-state index is 0.348. The van der Waals surface area contributed by atoms with Gasteiger partial charge < -0.3 is 9.52 Å². The van der Waals surface area contributed by atoms with E-state index in [1.807, 2.05) is 0 Å². The molecule has 0 atom stereocenters. The average molecular weight is 283 g/mol. The van der Waals surface area contributed by atoms with Crippen LogP contribution in [0.5, 0.6) is 0 Å². The predicted molar refractivity (Wildman–Crippen MR) is 61.9 cm³/mol. The number of carbonyl (C=O) groups is 1. The molecule has 16 heavy (non-hydrogen) atoms. The molecule has 2 aromatic rings. The first-order valence-corrected chi connectivity index (χ1v) is 5.26. The molecule has 1 N–H and O–H groups in total. The van der Waals surface area contributed by atoms with E-state index in [4.69, 9.17) is 9.52 Å². The number of fused-ring (bicyclic) bond motifs is 1. The highest BCUT2D eigenvalue weighted by Gasteiger charge is 2.13. The van der Waals surface area contributed by atoms with Crippen molar-refractivity contribution in [2.24, 2.45) is 0 Å². The summed E-state index contributed by atoms with van der Waals surface area (Å²) >= 11 is 3.24. The highest BCUT2D eigenvalue weighted by molar-refractivity contribution is 9.10. The molecule has 0 fully saturated rings. The van der Waals surface area contributed by atoms with Crippen molar-refractivity contribution in [1.82, 2.24) is 0 Å². The second kappa shape index (κ2) is 3.75. The van der Waals surface area contributed by atoms with E-state index in [2.05, 4.69) is 15.9 Å². The zero-order valence-corrected chi connectivity index (χ0v) is 9.87. The maximum Gasteiger partial charge on any atom is 0.371 e. The van der Waals surface area contributed by atoms with Gasteiger partial charge in [-0.15, -0.1) is 0 Å². The largest absolute Gasteiger partial charge is 0.475 e. The zero-order valence-electron chi connectivity index (χ0n) is 8.28. The number of hydrogen-bond donors (Lipinski definition) is 1. The maximum absolute atomic E-state index is 11.6. The Morgan fingerprint density at radius 3 is 2.75 bits per heavy atom. The lowest BCUT2D eigenvalue weighted by atomic mass is 10.1. The molecular weight excluding hydrogens is 276 g/mol. The molecule has 0 spiro atoms. The third kappa shape index (κ3) is 1.63. The fraction of sp³-hybridized carbons (Fsp3) is 0.0909. The Kier molecular flexibility index (Phi) is 2.55. The lowest BCUT2D eigenvalue weighted by Gasteiger charge is -2.03. The van der Waals surface area contributed by atoms with Gasteiger partial charge in [0.1, 0.15) is 0 Å². The summed E-state index contributed by atoms with van der Waals surface area (Å²) in [6, 6.07) is 4.89. The zero-order chi connectivity index (χ0) is 11.9. The molecular formula is C11H7BrO4. The molecule has 1 aromatic carbocycles. The minimum atomic E-state index is -1.25. The number of aromatic carboxylic acids is 1. The van der Waals surface area contributed by atoms with Crippen LogP contribution in [0.3, 0.4) is 0 Å². The van der Waals surface area contributed by atoms with E-state index >= 15 is 0 Å². The van der Waals surface area contributed by atoms with Gasteiger partial charge in [-0.25, -0.2) is 9.59 Å². The summed E-state index contributed by atoms with van der Waals surface area (Å²) in [5, 5.41) is 9.74. The van der Waals surface area contributed by atoms with Crippen LogP contribution in [0.1, 0.15) is 16.1 Å². The molecule has 2 rings (SSSR count). The van der Waals surface area contributed by atoms with Gasteiger partial charge in [0, 0.05) is 4.47 Å². The third-order valence-electron chi connectivity index (χ3n) is 2.31. The van der Waals surface area contributed by atoms with Gasteiger partial charge in [0.15, 0.2) is 0 Å². The third-order valence-corrected chi connectivity index (χ3v) is 2.97. The lowest BCUT2D eigenvalue weighted by molar-refractivity contribution is 0.0658. The molecule has 0 saturated carbocycles. The Hall–Kier alpha value is -1.62. The predicted octanol–water partition coefficient (Wildman–Crippen LogP) is 2.56. The topological polar surface area (TPSA) is 67.5 Å². The summed E-state index contributed by atoms with van der Waals surface area (Å²) in [5.74, 6) is -1.60. The molecule has 1 heterocycles.